The molecule has 1 spiro atoms. The molecule has 0 bridgehead atoms. The molecule has 1 nitrogen and oxygen atoms in total. The standard InChI is InChI=1S/C53H35N/c1-4-19-36(20-5-1)38-23-18-26-40(35-38)54(39-24-8-3-9-25-39)52-44-30-11-10-29-43(44)51-50(49(52)37-21-6-2-7-22-37)45-31-14-17-34-48(45)53(51)46-32-15-12-27-41(46)42-28-13-16-33-47(42)53/h1-35H. The van der Waals surface area contributed by atoms with Crippen LogP contribution >= 0.6 is 0 Å². The summed E-state index contributed by atoms with van der Waals surface area (Å²) in [5, 5.41) is 2.49. The van der Waals surface area contributed by atoms with Crippen molar-refractivity contribution in [3.8, 4) is 44.5 Å². The molecule has 252 valence electrons. The molecule has 0 aromatic heterocycles. The number of benzene rings is 9. The predicted octanol–water partition coefficient (Wildman–Crippen LogP) is 14.0. The van der Waals surface area contributed by atoms with Gasteiger partial charge in [-0.25, -0.2) is 0 Å². The fourth-order valence-corrected chi connectivity index (χ4v) is 9.59. The highest BCUT2D eigenvalue weighted by Gasteiger charge is 2.53. The van der Waals surface area contributed by atoms with Crippen molar-refractivity contribution in [2.24, 2.45) is 0 Å². The predicted molar refractivity (Wildman–Crippen MR) is 226 cm³/mol. The van der Waals surface area contributed by atoms with Crippen LogP contribution in [0.15, 0.2) is 212 Å². The molecule has 0 saturated carbocycles. The number of hydrogen-bond acceptors (Lipinski definition) is 1. The van der Waals surface area contributed by atoms with Crippen LogP contribution in [0.2, 0.25) is 0 Å². The van der Waals surface area contributed by atoms with Crippen molar-refractivity contribution in [1.82, 2.24) is 0 Å². The molecule has 0 unspecified atom stereocenters. The van der Waals surface area contributed by atoms with E-state index in [9.17, 15) is 0 Å². The third kappa shape index (κ3) is 4.27. The van der Waals surface area contributed by atoms with Crippen molar-refractivity contribution in [3.05, 3.63) is 235 Å². The first-order chi connectivity index (χ1) is 26.8. The lowest BCUT2D eigenvalue weighted by Gasteiger charge is -2.34. The average Bonchev–Trinajstić information content (AvgIpc) is 3.73. The average molecular weight is 686 g/mol. The van der Waals surface area contributed by atoms with Crippen LogP contribution in [0.3, 0.4) is 0 Å². The number of rotatable bonds is 5. The molecule has 0 heterocycles. The second-order valence-corrected chi connectivity index (χ2v) is 14.4. The van der Waals surface area contributed by atoms with E-state index in [-0.39, 0.29) is 0 Å². The van der Waals surface area contributed by atoms with Gasteiger partial charge in [0.2, 0.25) is 0 Å². The van der Waals surface area contributed by atoms with E-state index in [1.807, 2.05) is 0 Å². The minimum Gasteiger partial charge on any atom is -0.309 e. The molecule has 0 aliphatic heterocycles. The Morgan fingerprint density at radius 1 is 0.315 bits per heavy atom. The first-order valence-electron chi connectivity index (χ1n) is 18.8. The first kappa shape index (κ1) is 30.6. The van der Waals surface area contributed by atoms with Gasteiger partial charge in [-0.2, -0.15) is 0 Å². The molecule has 54 heavy (non-hydrogen) atoms. The van der Waals surface area contributed by atoms with Gasteiger partial charge in [0.05, 0.1) is 11.1 Å². The topological polar surface area (TPSA) is 3.24 Å². The Kier molecular flexibility index (Phi) is 6.84. The molecule has 1 heteroatoms. The van der Waals surface area contributed by atoms with Crippen LogP contribution in [-0.2, 0) is 5.41 Å². The number of para-hydroxylation sites is 1. The van der Waals surface area contributed by atoms with Crippen LogP contribution < -0.4 is 4.90 Å². The van der Waals surface area contributed by atoms with Crippen molar-refractivity contribution in [2.75, 3.05) is 4.90 Å². The molecule has 11 rings (SSSR count). The van der Waals surface area contributed by atoms with Crippen LogP contribution in [0, 0.1) is 0 Å². The van der Waals surface area contributed by atoms with Crippen molar-refractivity contribution in [1.29, 1.82) is 0 Å². The third-order valence-electron chi connectivity index (χ3n) is 11.6. The minimum atomic E-state index is -0.481. The Hall–Kier alpha value is -6.96. The zero-order valence-electron chi connectivity index (χ0n) is 29.7. The highest BCUT2D eigenvalue weighted by Crippen LogP contribution is 2.67. The third-order valence-corrected chi connectivity index (χ3v) is 11.6. The molecule has 0 saturated heterocycles. The molecule has 0 fully saturated rings. The normalized spacial score (nSPS) is 13.0. The highest BCUT2D eigenvalue weighted by atomic mass is 15.1. The van der Waals surface area contributed by atoms with Crippen LogP contribution in [0.1, 0.15) is 22.3 Å². The zero-order chi connectivity index (χ0) is 35.6. The van der Waals surface area contributed by atoms with Gasteiger partial charge in [0.25, 0.3) is 0 Å². The van der Waals surface area contributed by atoms with E-state index >= 15 is 0 Å². The minimum absolute atomic E-state index is 0.481. The van der Waals surface area contributed by atoms with Crippen molar-refractivity contribution in [2.45, 2.75) is 5.41 Å². The van der Waals surface area contributed by atoms with E-state index in [4.69, 9.17) is 0 Å². The lowest BCUT2D eigenvalue weighted by molar-refractivity contribution is 0.801. The molecular weight excluding hydrogens is 651 g/mol. The summed E-state index contributed by atoms with van der Waals surface area (Å²) in [6, 6.07) is 78.2. The Labute approximate surface area is 316 Å². The van der Waals surface area contributed by atoms with E-state index in [1.165, 1.54) is 83.2 Å². The van der Waals surface area contributed by atoms with Gasteiger partial charge in [-0.05, 0) is 90.8 Å². The Balaban J connectivity index is 1.34. The summed E-state index contributed by atoms with van der Waals surface area (Å²) < 4.78 is 0. The Morgan fingerprint density at radius 3 is 1.43 bits per heavy atom. The van der Waals surface area contributed by atoms with Gasteiger partial charge in [0, 0.05) is 22.3 Å². The summed E-state index contributed by atoms with van der Waals surface area (Å²) in [6.07, 6.45) is 0. The largest absolute Gasteiger partial charge is 0.309 e. The summed E-state index contributed by atoms with van der Waals surface area (Å²) in [5.41, 5.74) is 18.4. The summed E-state index contributed by atoms with van der Waals surface area (Å²) in [7, 11) is 0. The number of hydrogen-bond donors (Lipinski definition) is 0. The molecule has 2 aliphatic rings. The molecule has 0 N–H and O–H groups in total. The molecular formula is C53H35N. The van der Waals surface area contributed by atoms with Crippen LogP contribution in [0.4, 0.5) is 17.1 Å². The molecule has 0 radical (unpaired) electrons. The van der Waals surface area contributed by atoms with Crippen LogP contribution in [0.25, 0.3) is 55.3 Å². The summed E-state index contributed by atoms with van der Waals surface area (Å²) in [5.74, 6) is 0. The monoisotopic (exact) mass is 685 g/mol. The number of nitrogens with zero attached hydrogens (tertiary/aromatic N) is 1. The van der Waals surface area contributed by atoms with Gasteiger partial charge in [0.15, 0.2) is 0 Å². The summed E-state index contributed by atoms with van der Waals surface area (Å²) >= 11 is 0. The quantitative estimate of drug-likeness (QED) is 0.174. The van der Waals surface area contributed by atoms with Gasteiger partial charge in [-0.1, -0.05) is 188 Å². The zero-order valence-corrected chi connectivity index (χ0v) is 29.7. The fraction of sp³-hybridized carbons (Fsp3) is 0.0189. The summed E-state index contributed by atoms with van der Waals surface area (Å²) in [4.78, 5) is 2.50. The van der Waals surface area contributed by atoms with Crippen LogP contribution in [-0.4, -0.2) is 0 Å². The van der Waals surface area contributed by atoms with E-state index in [2.05, 4.69) is 217 Å². The van der Waals surface area contributed by atoms with Crippen molar-refractivity contribution < 1.29 is 0 Å². The maximum Gasteiger partial charge on any atom is 0.0731 e. The van der Waals surface area contributed by atoms with Gasteiger partial charge in [-0.3, -0.25) is 0 Å². The fourth-order valence-electron chi connectivity index (χ4n) is 9.59. The van der Waals surface area contributed by atoms with Gasteiger partial charge in [0.1, 0.15) is 0 Å². The lowest BCUT2D eigenvalue weighted by atomic mass is 9.69. The van der Waals surface area contributed by atoms with E-state index in [0.29, 0.717) is 0 Å². The Bertz CT molecular complexity index is 2830. The van der Waals surface area contributed by atoms with Crippen molar-refractivity contribution >= 4 is 27.8 Å². The Morgan fingerprint density at radius 2 is 0.778 bits per heavy atom. The highest BCUT2D eigenvalue weighted by molar-refractivity contribution is 6.17. The molecule has 0 amide bonds. The molecule has 9 aromatic rings. The van der Waals surface area contributed by atoms with Crippen molar-refractivity contribution in [3.63, 3.8) is 0 Å². The van der Waals surface area contributed by atoms with Gasteiger partial charge < -0.3 is 4.90 Å². The maximum absolute atomic E-state index is 2.50. The molecule has 2 aliphatic carbocycles. The number of fused-ring (bicyclic) bond motifs is 12. The first-order valence-corrected chi connectivity index (χ1v) is 18.8. The van der Waals surface area contributed by atoms with E-state index < -0.39 is 5.41 Å². The summed E-state index contributed by atoms with van der Waals surface area (Å²) in [6.45, 7) is 0. The SMILES string of the molecule is c1ccc(-c2cccc(N(c3ccccc3)c3c(-c4ccccc4)c4c(c5ccccc35)C3(c5ccccc5-c5ccccc53)c3ccccc3-4)c2)cc1. The second-order valence-electron chi connectivity index (χ2n) is 14.4. The van der Waals surface area contributed by atoms with E-state index in [1.54, 1.807) is 0 Å². The van der Waals surface area contributed by atoms with Gasteiger partial charge in [-0.15, -0.1) is 0 Å². The number of anilines is 3. The van der Waals surface area contributed by atoms with Crippen LogP contribution in [0.5, 0.6) is 0 Å². The molecule has 0 atom stereocenters. The smallest absolute Gasteiger partial charge is 0.0731 e. The second kappa shape index (κ2) is 12.0. The van der Waals surface area contributed by atoms with E-state index in [0.717, 1.165) is 11.4 Å². The van der Waals surface area contributed by atoms with Gasteiger partial charge >= 0.3 is 0 Å². The maximum atomic E-state index is 2.50. The molecule has 9 aromatic carbocycles. The lowest BCUT2D eigenvalue weighted by Crippen LogP contribution is -2.26.